The van der Waals surface area contributed by atoms with E-state index in [1.54, 1.807) is 20.8 Å². The molecule has 5 nitrogen and oxygen atoms in total. The van der Waals surface area contributed by atoms with E-state index in [1.807, 2.05) is 0 Å². The smallest absolute Gasteiger partial charge is 0.397 e. The molecular weight excluding hydrogens is 317 g/mol. The van der Waals surface area contributed by atoms with E-state index in [0.717, 1.165) is 0 Å². The molecule has 1 aromatic carbocycles. The number of ether oxygens (including phenoxy) is 3. The summed E-state index contributed by atoms with van der Waals surface area (Å²) in [5, 5.41) is 10.0. The normalized spacial score (nSPS) is 12.3. The largest absolute Gasteiger partial charge is 0.542 e. The highest BCUT2D eigenvalue weighted by Crippen LogP contribution is 2.23. The number of hydrogen-bond donors (Lipinski definition) is 0. The molecule has 0 fully saturated rings. The molecule has 0 spiro atoms. The van der Waals surface area contributed by atoms with Gasteiger partial charge in [0.1, 0.15) is 11.6 Å². The third-order valence-corrected chi connectivity index (χ3v) is 2.43. The van der Waals surface area contributed by atoms with Crippen molar-refractivity contribution in [2.45, 2.75) is 39.1 Å². The van der Waals surface area contributed by atoms with E-state index in [9.17, 15) is 23.1 Å². The molecule has 0 saturated heterocycles. The predicted octanol–water partition coefficient (Wildman–Crippen LogP) is 1.88. The van der Waals surface area contributed by atoms with Crippen LogP contribution in [0.25, 0.3) is 0 Å². The first-order valence-corrected chi connectivity index (χ1v) is 6.80. The summed E-state index contributed by atoms with van der Waals surface area (Å²) in [6.07, 6.45) is -4.35. The van der Waals surface area contributed by atoms with E-state index in [-0.39, 0.29) is 19.0 Å². The van der Waals surface area contributed by atoms with Crippen LogP contribution in [0, 0.1) is 5.82 Å². The molecule has 130 valence electrons. The monoisotopic (exact) mass is 335 g/mol. The Morgan fingerprint density at radius 3 is 2.43 bits per heavy atom. The molecule has 0 saturated carbocycles. The van der Waals surface area contributed by atoms with Gasteiger partial charge in [-0.2, -0.15) is 8.78 Å². The van der Waals surface area contributed by atoms with E-state index in [0.29, 0.717) is 5.56 Å². The number of hydrogen-bond acceptors (Lipinski definition) is 5. The summed E-state index contributed by atoms with van der Waals surface area (Å²) in [7, 11) is 0. The molecule has 0 unspecified atom stereocenters. The van der Waals surface area contributed by atoms with Gasteiger partial charge in [-0.15, -0.1) is 0 Å². The SMILES string of the molecule is CC(C)(C)Oc1cc(COCCOC(F)(F)C(=O)[O-])ccc1F. The fourth-order valence-corrected chi connectivity index (χ4v) is 1.52. The van der Waals surface area contributed by atoms with Crippen molar-refractivity contribution in [3.8, 4) is 5.75 Å². The number of carboxylic acid groups (broad SMARTS) is 1. The Labute approximate surface area is 132 Å². The lowest BCUT2D eigenvalue weighted by Gasteiger charge is -2.22. The van der Waals surface area contributed by atoms with E-state index < -0.39 is 30.1 Å². The van der Waals surface area contributed by atoms with Crippen LogP contribution in [0.15, 0.2) is 18.2 Å². The molecule has 1 rings (SSSR count). The molecule has 0 aliphatic heterocycles. The van der Waals surface area contributed by atoms with Crippen LogP contribution in [0.1, 0.15) is 26.3 Å². The second kappa shape index (κ2) is 7.65. The fraction of sp³-hybridized carbons (Fsp3) is 0.533. The molecular formula is C15H18F3O5-. The number of rotatable bonds is 8. The van der Waals surface area contributed by atoms with Crippen molar-refractivity contribution in [3.63, 3.8) is 0 Å². The molecule has 8 heteroatoms. The minimum atomic E-state index is -4.35. The topological polar surface area (TPSA) is 67.8 Å². The zero-order chi connectivity index (χ0) is 17.7. The third kappa shape index (κ3) is 6.87. The van der Waals surface area contributed by atoms with Gasteiger partial charge in [0, 0.05) is 0 Å². The van der Waals surface area contributed by atoms with Crippen LogP contribution in [0.4, 0.5) is 13.2 Å². The summed E-state index contributed by atoms with van der Waals surface area (Å²) in [5.74, 6) is -3.08. The lowest BCUT2D eigenvalue weighted by molar-refractivity contribution is -0.363. The maximum absolute atomic E-state index is 13.6. The maximum atomic E-state index is 13.6. The Balaban J connectivity index is 2.47. The molecule has 0 heterocycles. The molecule has 0 radical (unpaired) electrons. The van der Waals surface area contributed by atoms with Crippen LogP contribution in [0.3, 0.4) is 0 Å². The number of alkyl halides is 2. The standard InChI is InChI=1S/C15H19F3O5/c1-14(2,3)23-12-8-10(4-5-11(12)16)9-21-6-7-22-15(17,18)13(19)20/h4-5,8H,6-7,9H2,1-3H3,(H,19,20)/p-1. The third-order valence-electron chi connectivity index (χ3n) is 2.43. The van der Waals surface area contributed by atoms with Crippen molar-refractivity contribution >= 4 is 5.97 Å². The highest BCUT2D eigenvalue weighted by molar-refractivity contribution is 5.71. The predicted molar refractivity (Wildman–Crippen MR) is 72.3 cm³/mol. The van der Waals surface area contributed by atoms with Crippen molar-refractivity contribution < 1.29 is 37.3 Å². The van der Waals surface area contributed by atoms with E-state index in [4.69, 9.17) is 9.47 Å². The molecule has 0 bridgehead atoms. The van der Waals surface area contributed by atoms with Gasteiger partial charge in [-0.3, -0.25) is 0 Å². The van der Waals surface area contributed by atoms with Crippen molar-refractivity contribution in [2.24, 2.45) is 0 Å². The molecule has 0 aliphatic carbocycles. The number of aliphatic carboxylic acids is 1. The summed E-state index contributed by atoms with van der Waals surface area (Å²) < 4.78 is 53.1. The zero-order valence-electron chi connectivity index (χ0n) is 13.0. The van der Waals surface area contributed by atoms with E-state index >= 15 is 0 Å². The van der Waals surface area contributed by atoms with Gasteiger partial charge in [0.15, 0.2) is 11.6 Å². The second-order valence-corrected chi connectivity index (χ2v) is 5.68. The first-order valence-electron chi connectivity index (χ1n) is 6.80. The molecule has 1 aromatic rings. The van der Waals surface area contributed by atoms with Crippen LogP contribution in [-0.4, -0.2) is 30.9 Å². The van der Waals surface area contributed by atoms with Gasteiger partial charge < -0.3 is 24.1 Å². The van der Waals surface area contributed by atoms with Crippen molar-refractivity contribution in [3.05, 3.63) is 29.6 Å². The second-order valence-electron chi connectivity index (χ2n) is 5.68. The summed E-state index contributed by atoms with van der Waals surface area (Å²) in [6.45, 7) is 4.41. The molecule has 0 aliphatic rings. The van der Waals surface area contributed by atoms with Crippen molar-refractivity contribution in [2.75, 3.05) is 13.2 Å². The molecule has 0 aromatic heterocycles. The van der Waals surface area contributed by atoms with Gasteiger partial charge >= 0.3 is 6.11 Å². The van der Waals surface area contributed by atoms with Gasteiger partial charge in [-0.25, -0.2) is 4.39 Å². The summed E-state index contributed by atoms with van der Waals surface area (Å²) >= 11 is 0. The first-order chi connectivity index (χ1) is 10.5. The highest BCUT2D eigenvalue weighted by Gasteiger charge is 2.31. The molecule has 0 atom stereocenters. The molecule has 0 amide bonds. The number of halogens is 3. The molecule has 23 heavy (non-hydrogen) atoms. The Morgan fingerprint density at radius 2 is 1.87 bits per heavy atom. The van der Waals surface area contributed by atoms with Gasteiger partial charge in [0.05, 0.1) is 19.8 Å². The van der Waals surface area contributed by atoms with Crippen LogP contribution in [0.2, 0.25) is 0 Å². The fourth-order valence-electron chi connectivity index (χ4n) is 1.52. The number of carbonyl (C=O) groups excluding carboxylic acids is 1. The highest BCUT2D eigenvalue weighted by atomic mass is 19.3. The lowest BCUT2D eigenvalue weighted by atomic mass is 10.1. The number of carbonyl (C=O) groups is 1. The van der Waals surface area contributed by atoms with Crippen LogP contribution in [0.5, 0.6) is 5.75 Å². The van der Waals surface area contributed by atoms with Crippen molar-refractivity contribution in [1.82, 2.24) is 0 Å². The van der Waals surface area contributed by atoms with E-state index in [1.165, 1.54) is 18.2 Å². The van der Waals surface area contributed by atoms with Crippen LogP contribution < -0.4 is 9.84 Å². The van der Waals surface area contributed by atoms with Crippen LogP contribution in [-0.2, 0) is 20.9 Å². The number of carboxylic acids is 1. The maximum Gasteiger partial charge on any atom is 0.397 e. The number of benzene rings is 1. The lowest BCUT2D eigenvalue weighted by Crippen LogP contribution is -2.44. The average molecular weight is 335 g/mol. The van der Waals surface area contributed by atoms with Crippen molar-refractivity contribution in [1.29, 1.82) is 0 Å². The summed E-state index contributed by atoms with van der Waals surface area (Å²) in [5.41, 5.74) is -0.0118. The molecule has 0 N–H and O–H groups in total. The quantitative estimate of drug-likeness (QED) is 0.679. The van der Waals surface area contributed by atoms with Gasteiger partial charge in [-0.1, -0.05) is 6.07 Å². The summed E-state index contributed by atoms with van der Waals surface area (Å²) in [6, 6.07) is 4.11. The average Bonchev–Trinajstić information content (AvgIpc) is 2.40. The van der Waals surface area contributed by atoms with Gasteiger partial charge in [0.2, 0.25) is 0 Å². The van der Waals surface area contributed by atoms with E-state index in [2.05, 4.69) is 4.74 Å². The minimum Gasteiger partial charge on any atom is -0.542 e. The minimum absolute atomic E-state index is 0.00103. The Bertz CT molecular complexity index is 540. The van der Waals surface area contributed by atoms with Gasteiger partial charge in [0.25, 0.3) is 0 Å². The first kappa shape index (κ1) is 19.2. The summed E-state index contributed by atoms with van der Waals surface area (Å²) in [4.78, 5) is 10.0. The van der Waals surface area contributed by atoms with Crippen LogP contribution >= 0.6 is 0 Å². The zero-order valence-corrected chi connectivity index (χ0v) is 13.0. The Kier molecular flexibility index (Phi) is 6.40. The Hall–Kier alpha value is -1.80. The Morgan fingerprint density at radius 1 is 1.22 bits per heavy atom. The van der Waals surface area contributed by atoms with Gasteiger partial charge in [-0.05, 0) is 38.5 Å².